The van der Waals surface area contributed by atoms with Crippen molar-refractivity contribution in [1.29, 1.82) is 0 Å². The van der Waals surface area contributed by atoms with E-state index in [-0.39, 0.29) is 41.2 Å². The van der Waals surface area contributed by atoms with Gasteiger partial charge >= 0.3 is 12.1 Å². The minimum absolute atomic E-state index is 0.196. The largest absolute Gasteiger partial charge is 0.484 e. The second-order valence-corrected chi connectivity index (χ2v) is 26.1. The lowest BCUT2D eigenvalue weighted by atomic mass is 9.77. The predicted molar refractivity (Wildman–Crippen MR) is 369 cm³/mol. The molecule has 21 heteroatoms. The van der Waals surface area contributed by atoms with Gasteiger partial charge in [0.05, 0.1) is 28.9 Å². The van der Waals surface area contributed by atoms with Crippen molar-refractivity contribution < 1.29 is 42.9 Å². The molecule has 95 heavy (non-hydrogen) atoms. The van der Waals surface area contributed by atoms with Gasteiger partial charge in [0.15, 0.2) is 18.1 Å². The topological polar surface area (TPSA) is 224 Å². The highest BCUT2D eigenvalue weighted by atomic mass is 32.2. The number of aromatic nitrogens is 7. The number of hydrogen-bond acceptors (Lipinski definition) is 16. The van der Waals surface area contributed by atoms with Gasteiger partial charge in [0, 0.05) is 54.9 Å². The van der Waals surface area contributed by atoms with Crippen molar-refractivity contribution in [2.45, 2.75) is 94.7 Å². The summed E-state index contributed by atoms with van der Waals surface area (Å²) in [6, 6.07) is 63.0. The zero-order chi connectivity index (χ0) is 66.6. The van der Waals surface area contributed by atoms with E-state index in [0.717, 1.165) is 74.1 Å². The Morgan fingerprint density at radius 1 is 0.747 bits per heavy atom. The van der Waals surface area contributed by atoms with Crippen molar-refractivity contribution in [1.82, 2.24) is 40.1 Å². The molecule has 19 nitrogen and oxygen atoms in total. The Kier molecular flexibility index (Phi) is 20.7. The smallest absolute Gasteiger partial charge is 0.414 e. The number of esters is 1. The summed E-state index contributed by atoms with van der Waals surface area (Å²) in [5.41, 5.74) is 8.36. The number of nitrogens with one attached hydrogen (secondary N) is 2. The number of benzene rings is 7. The number of imidazole rings is 1. The van der Waals surface area contributed by atoms with E-state index >= 15 is 0 Å². The summed E-state index contributed by atoms with van der Waals surface area (Å²) >= 11 is 2.58. The number of rotatable bonds is 25. The van der Waals surface area contributed by atoms with Crippen molar-refractivity contribution in [3.05, 3.63) is 251 Å². The monoisotopic (exact) mass is 1310 g/mol. The lowest BCUT2D eigenvalue weighted by molar-refractivity contribution is -0.119. The van der Waals surface area contributed by atoms with E-state index in [0.29, 0.717) is 59.5 Å². The molecule has 1 saturated heterocycles. The van der Waals surface area contributed by atoms with E-state index in [1.165, 1.54) is 11.9 Å². The molecular weight excluding hydrogens is 1240 g/mol. The Hall–Kier alpha value is -10.4. The van der Waals surface area contributed by atoms with Crippen molar-refractivity contribution >= 4 is 64.0 Å². The molecule has 1 aliphatic rings. The number of carbonyl (C=O) groups is 5. The average Bonchev–Trinajstić information content (AvgIpc) is 1.73. The quantitative estimate of drug-likeness (QED) is 0.0401. The van der Waals surface area contributed by atoms with Crippen LogP contribution in [0, 0.1) is 0 Å². The van der Waals surface area contributed by atoms with Crippen LogP contribution in [0.4, 0.5) is 21.0 Å². The molecule has 2 atom stereocenters. The Morgan fingerprint density at radius 2 is 1.37 bits per heavy atom. The van der Waals surface area contributed by atoms with Gasteiger partial charge in [-0.15, -0.1) is 16.9 Å². The second-order valence-electron chi connectivity index (χ2n) is 23.6. The standard InChI is InChI=1S/C74H72N10O9S2/c1-8-21-63-77-66(48(3)94-47-51-34-41-65(75-44-51)92-57-39-40-60(61(43-57)82(7)72(89)93-73(4,5)6)76-64(85)46-91-56-37-32-49(33-38-56)42-62-69(86)78-71(88)95-62)67(70(87)90-9-2)83(63)45-50-30-35-52(36-31-50)58-28-19-20-29-59(58)68-79-80-81-84(68)74(53-22-13-10-14-23-53,54-24-15-11-16-25-54)55-26-17-12-18-27-55/h10-20,22-41,43-44,48,62H,8-9,21,42,45-47H2,1-7H3,(H,76,85)(H,78,86,88). The van der Waals surface area contributed by atoms with Crippen molar-refractivity contribution in [2.75, 3.05) is 30.5 Å². The van der Waals surface area contributed by atoms with Crippen LogP contribution in [0.25, 0.3) is 22.5 Å². The Morgan fingerprint density at radius 3 is 1.97 bits per heavy atom. The van der Waals surface area contributed by atoms with Crippen molar-refractivity contribution in [3.8, 4) is 39.9 Å². The lowest BCUT2D eigenvalue weighted by Crippen LogP contribution is -2.39. The number of aryl methyl sites for hydroxylation is 1. The first-order valence-corrected chi connectivity index (χ1v) is 33.2. The molecule has 4 heterocycles. The third-order valence-electron chi connectivity index (χ3n) is 15.8. The van der Waals surface area contributed by atoms with Crippen LogP contribution in [0.5, 0.6) is 17.4 Å². The fourth-order valence-corrected chi connectivity index (χ4v) is 13.1. The molecule has 0 spiro atoms. The number of pyridine rings is 1. The van der Waals surface area contributed by atoms with Gasteiger partial charge in [-0.25, -0.2) is 24.2 Å². The number of tetrazole rings is 1. The van der Waals surface area contributed by atoms with Crippen LogP contribution in [-0.4, -0.2) is 95.0 Å². The first-order chi connectivity index (χ1) is 46.0. The summed E-state index contributed by atoms with van der Waals surface area (Å²) in [7, 11) is 1.53. The molecule has 4 amide bonds. The van der Waals surface area contributed by atoms with E-state index < -0.39 is 34.4 Å². The third kappa shape index (κ3) is 15.3. The predicted octanol–water partition coefficient (Wildman–Crippen LogP) is 14.7. The van der Waals surface area contributed by atoms with E-state index in [1.807, 2.05) is 89.0 Å². The van der Waals surface area contributed by atoms with E-state index in [4.69, 9.17) is 34.2 Å². The van der Waals surface area contributed by atoms with Gasteiger partial charge in [0.25, 0.3) is 11.1 Å². The highest BCUT2D eigenvalue weighted by Crippen LogP contribution is 2.44. The number of amides is 4. The van der Waals surface area contributed by atoms with Crippen LogP contribution in [0.2, 0.25) is 0 Å². The number of thioether (sulfide) groups is 2. The van der Waals surface area contributed by atoms with Crippen LogP contribution < -0.4 is 25.0 Å². The summed E-state index contributed by atoms with van der Waals surface area (Å²) in [6.07, 6.45) is 2.88. The molecule has 1 fully saturated rings. The van der Waals surface area contributed by atoms with Gasteiger partial charge < -0.3 is 28.8 Å². The van der Waals surface area contributed by atoms with Gasteiger partial charge in [0.1, 0.15) is 28.5 Å². The van der Waals surface area contributed by atoms with Crippen LogP contribution in [-0.2, 0) is 49.7 Å². The molecule has 10 aromatic rings. The van der Waals surface area contributed by atoms with Gasteiger partial charge in [-0.2, -0.15) is 0 Å². The van der Waals surface area contributed by atoms with Gasteiger partial charge in [-0.3, -0.25) is 24.6 Å². The summed E-state index contributed by atoms with van der Waals surface area (Å²) in [5.74, 6) is 1.70. The first-order valence-electron chi connectivity index (χ1n) is 31.3. The number of carbonyl (C=O) groups excluding carboxylic acids is 5. The number of ether oxygens (including phenoxy) is 4. The Labute approximate surface area is 560 Å². The fourth-order valence-electron chi connectivity index (χ4n) is 11.4. The maximum Gasteiger partial charge on any atom is 0.414 e. The molecule has 7 aromatic carbocycles. The average molecular weight is 1310 g/mol. The number of hydrogen-bond donors (Lipinski definition) is 2. The highest BCUT2D eigenvalue weighted by molar-refractivity contribution is 8.15. The highest BCUT2D eigenvalue weighted by Gasteiger charge is 2.42. The zero-order valence-corrected chi connectivity index (χ0v) is 55.4. The van der Waals surface area contributed by atoms with Gasteiger partial charge in [-0.05, 0) is 127 Å². The molecule has 11 rings (SSSR count). The molecule has 0 saturated carbocycles. The van der Waals surface area contributed by atoms with Crippen LogP contribution >= 0.6 is 23.5 Å². The van der Waals surface area contributed by atoms with Crippen LogP contribution in [0.1, 0.15) is 109 Å². The summed E-state index contributed by atoms with van der Waals surface area (Å²) in [4.78, 5) is 75.7. The summed E-state index contributed by atoms with van der Waals surface area (Å²) in [6.45, 7) is 11.4. The molecule has 3 aromatic heterocycles. The maximum absolute atomic E-state index is 14.2. The molecule has 484 valence electrons. The maximum atomic E-state index is 14.2. The molecular formula is C74H72N10O9S2. The van der Waals surface area contributed by atoms with Crippen molar-refractivity contribution in [3.63, 3.8) is 0 Å². The molecule has 0 bridgehead atoms. The minimum atomic E-state index is -0.938. The van der Waals surface area contributed by atoms with E-state index in [9.17, 15) is 24.0 Å². The van der Waals surface area contributed by atoms with Gasteiger partial charge in [0.2, 0.25) is 11.8 Å². The van der Waals surface area contributed by atoms with Crippen LogP contribution in [0.3, 0.4) is 0 Å². The summed E-state index contributed by atoms with van der Waals surface area (Å²) < 4.78 is 27.4. The SMILES string of the molecule is CCCc1nc(C(C)SCc2ccc(Oc3ccc(NC(=O)COc4ccc(CC5SC(=O)NC5=O)cc4)c(N(C)C(=O)OC(C)(C)C)c3)nc2)c(C(=O)OCC)n1Cc1ccc(-c2ccccc2-c2nnnn2C(c2ccccc2)(c2ccccc2)c2ccccc2)cc1. The summed E-state index contributed by atoms with van der Waals surface area (Å²) in [5, 5.41) is 18.0. The molecule has 1 aliphatic heterocycles. The number of imide groups is 1. The Bertz CT molecular complexity index is 4240. The van der Waals surface area contributed by atoms with E-state index in [1.54, 1.807) is 94.2 Å². The minimum Gasteiger partial charge on any atom is -0.484 e. The number of anilines is 2. The normalized spacial score (nSPS) is 13.4. The molecule has 0 aliphatic carbocycles. The second kappa shape index (κ2) is 29.7. The zero-order valence-electron chi connectivity index (χ0n) is 53.7. The molecule has 0 radical (unpaired) electrons. The molecule has 2 unspecified atom stereocenters. The fraction of sp³-hybridized carbons (Fsp3) is 0.243. The van der Waals surface area contributed by atoms with Crippen molar-refractivity contribution in [2.24, 2.45) is 0 Å². The van der Waals surface area contributed by atoms with Gasteiger partial charge in [-0.1, -0.05) is 176 Å². The lowest BCUT2D eigenvalue weighted by Gasteiger charge is -2.36. The van der Waals surface area contributed by atoms with E-state index in [2.05, 4.69) is 101 Å². The third-order valence-corrected chi connectivity index (χ3v) is 18.0. The van der Waals surface area contributed by atoms with Crippen LogP contribution in [0.15, 0.2) is 200 Å². The number of nitrogens with zero attached hydrogens (tertiary/aromatic N) is 8. The Balaban J connectivity index is 0.783. The first kappa shape index (κ1) is 66.1. The molecule has 2 N–H and O–H groups in total.